The highest BCUT2D eigenvalue weighted by molar-refractivity contribution is 5.97. The van der Waals surface area contributed by atoms with Crippen LogP contribution < -0.4 is 9.64 Å². The van der Waals surface area contributed by atoms with Crippen LogP contribution in [0.15, 0.2) is 18.2 Å². The first kappa shape index (κ1) is 17.7. The first-order valence-corrected chi connectivity index (χ1v) is 8.80. The Balaban J connectivity index is 1.78. The van der Waals surface area contributed by atoms with Crippen LogP contribution in [0.3, 0.4) is 0 Å². The Labute approximate surface area is 147 Å². The summed E-state index contributed by atoms with van der Waals surface area (Å²) in [4.78, 5) is 29.0. The monoisotopic (exact) mass is 348 g/mol. The fraction of sp³-hybridized carbons (Fsp3) is 0.579. The van der Waals surface area contributed by atoms with Crippen LogP contribution in [0.5, 0.6) is 5.75 Å². The van der Waals surface area contributed by atoms with Crippen molar-refractivity contribution in [2.45, 2.75) is 33.6 Å². The highest BCUT2D eigenvalue weighted by Gasteiger charge is 2.36. The molecule has 1 fully saturated rings. The van der Waals surface area contributed by atoms with Gasteiger partial charge in [-0.05, 0) is 25.0 Å². The van der Waals surface area contributed by atoms with Crippen LogP contribution >= 0.6 is 0 Å². The van der Waals surface area contributed by atoms with Gasteiger partial charge in [0.25, 0.3) is 0 Å². The topological polar surface area (TPSA) is 49.9 Å². The van der Waals surface area contributed by atoms with Crippen LogP contribution in [0.1, 0.15) is 33.6 Å². The Bertz CT molecular complexity index is 684. The number of rotatable bonds is 1. The number of carbonyl (C=O) groups is 2. The molecule has 1 atom stereocenters. The van der Waals surface area contributed by atoms with E-state index in [4.69, 9.17) is 4.74 Å². The summed E-state index contributed by atoms with van der Waals surface area (Å²) in [5.41, 5.74) is 0.0233. The second kappa shape index (κ2) is 6.65. The van der Waals surface area contributed by atoms with Crippen LogP contribution in [0.2, 0.25) is 0 Å². The minimum Gasteiger partial charge on any atom is -0.490 e. The second-order valence-electron chi connectivity index (χ2n) is 7.79. The Morgan fingerprint density at radius 1 is 1.24 bits per heavy atom. The molecule has 0 radical (unpaired) electrons. The van der Waals surface area contributed by atoms with Gasteiger partial charge in [-0.25, -0.2) is 4.39 Å². The minimum atomic E-state index is -0.459. The van der Waals surface area contributed by atoms with Gasteiger partial charge in [0.15, 0.2) is 0 Å². The van der Waals surface area contributed by atoms with E-state index in [1.54, 1.807) is 15.9 Å². The third-order valence-electron chi connectivity index (χ3n) is 4.75. The van der Waals surface area contributed by atoms with E-state index in [0.717, 1.165) is 12.8 Å². The summed E-state index contributed by atoms with van der Waals surface area (Å²) in [5.74, 6) is -0.107. The van der Waals surface area contributed by atoms with Gasteiger partial charge in [-0.2, -0.15) is 0 Å². The van der Waals surface area contributed by atoms with E-state index < -0.39 is 11.2 Å². The average molecular weight is 348 g/mol. The lowest BCUT2D eigenvalue weighted by Gasteiger charge is -2.38. The summed E-state index contributed by atoms with van der Waals surface area (Å²) >= 11 is 0. The molecule has 25 heavy (non-hydrogen) atoms. The number of hydrogen-bond acceptors (Lipinski definition) is 3. The molecule has 1 saturated heterocycles. The normalized spacial score (nSPS) is 20.7. The molecule has 1 aromatic rings. The molecule has 0 aromatic heterocycles. The van der Waals surface area contributed by atoms with Crippen LogP contribution in [0.4, 0.5) is 10.1 Å². The van der Waals surface area contributed by atoms with E-state index in [1.165, 1.54) is 12.1 Å². The molecule has 1 aromatic carbocycles. The van der Waals surface area contributed by atoms with E-state index in [9.17, 15) is 14.0 Å². The standard InChI is InChI=1S/C19H25FN2O3/c1-19(2,3)18(24)21-8-4-5-13(12-21)17(23)22-9-10-25-16-7-6-14(20)11-15(16)22/h6-7,11,13H,4-5,8-10,12H2,1-3H3/t13-/m0/s1. The van der Waals surface area contributed by atoms with Crippen molar-refractivity contribution in [1.29, 1.82) is 0 Å². The Hall–Kier alpha value is -2.11. The van der Waals surface area contributed by atoms with Crippen molar-refractivity contribution in [1.82, 2.24) is 4.90 Å². The fourth-order valence-electron chi connectivity index (χ4n) is 3.48. The predicted molar refractivity (Wildman–Crippen MR) is 93.0 cm³/mol. The quantitative estimate of drug-likeness (QED) is 0.784. The van der Waals surface area contributed by atoms with Crippen molar-refractivity contribution in [2.75, 3.05) is 31.1 Å². The zero-order valence-electron chi connectivity index (χ0n) is 15.0. The van der Waals surface area contributed by atoms with Crippen molar-refractivity contribution in [2.24, 2.45) is 11.3 Å². The molecule has 2 heterocycles. The van der Waals surface area contributed by atoms with E-state index in [-0.39, 0.29) is 17.7 Å². The van der Waals surface area contributed by atoms with E-state index in [0.29, 0.717) is 37.7 Å². The summed E-state index contributed by atoms with van der Waals surface area (Å²) in [6, 6.07) is 4.23. The molecule has 0 bridgehead atoms. The SMILES string of the molecule is CC(C)(C)C(=O)N1CCC[C@H](C(=O)N2CCOc3ccc(F)cc32)C1. The van der Waals surface area contributed by atoms with Crippen LogP contribution in [0, 0.1) is 17.2 Å². The molecule has 0 spiro atoms. The average Bonchev–Trinajstić information content (AvgIpc) is 2.59. The number of piperidine rings is 1. The molecule has 0 N–H and O–H groups in total. The number of ether oxygens (including phenoxy) is 1. The van der Waals surface area contributed by atoms with Gasteiger partial charge in [0, 0.05) is 24.6 Å². The summed E-state index contributed by atoms with van der Waals surface area (Å²) in [6.45, 7) is 7.58. The molecule has 6 heteroatoms. The first-order chi connectivity index (χ1) is 11.8. The molecule has 5 nitrogen and oxygen atoms in total. The lowest BCUT2D eigenvalue weighted by Crippen LogP contribution is -2.50. The lowest BCUT2D eigenvalue weighted by atomic mass is 9.90. The van der Waals surface area contributed by atoms with Crippen molar-refractivity contribution in [3.63, 3.8) is 0 Å². The number of fused-ring (bicyclic) bond motifs is 1. The Morgan fingerprint density at radius 2 is 2.00 bits per heavy atom. The maximum atomic E-state index is 13.6. The first-order valence-electron chi connectivity index (χ1n) is 8.80. The maximum Gasteiger partial charge on any atom is 0.232 e. The molecule has 3 rings (SSSR count). The zero-order valence-corrected chi connectivity index (χ0v) is 15.0. The number of hydrogen-bond donors (Lipinski definition) is 0. The van der Waals surface area contributed by atoms with Gasteiger partial charge < -0.3 is 14.5 Å². The van der Waals surface area contributed by atoms with E-state index in [1.807, 2.05) is 20.8 Å². The third-order valence-corrected chi connectivity index (χ3v) is 4.75. The molecule has 2 aliphatic heterocycles. The van der Waals surface area contributed by atoms with Gasteiger partial charge in [-0.3, -0.25) is 9.59 Å². The highest BCUT2D eigenvalue weighted by Crippen LogP contribution is 2.34. The Kier molecular flexibility index (Phi) is 4.71. The number of anilines is 1. The number of carbonyl (C=O) groups excluding carboxylic acids is 2. The number of benzene rings is 1. The maximum absolute atomic E-state index is 13.6. The summed E-state index contributed by atoms with van der Waals surface area (Å²) in [7, 11) is 0. The van der Waals surface area contributed by atoms with Gasteiger partial charge in [-0.15, -0.1) is 0 Å². The van der Waals surface area contributed by atoms with E-state index >= 15 is 0 Å². The summed E-state index contributed by atoms with van der Waals surface area (Å²) < 4.78 is 19.2. The van der Waals surface area contributed by atoms with Crippen molar-refractivity contribution < 1.29 is 18.7 Å². The van der Waals surface area contributed by atoms with Gasteiger partial charge >= 0.3 is 0 Å². The molecule has 136 valence electrons. The molecule has 0 saturated carbocycles. The van der Waals surface area contributed by atoms with Crippen molar-refractivity contribution in [3.8, 4) is 5.75 Å². The number of amides is 2. The van der Waals surface area contributed by atoms with E-state index in [2.05, 4.69) is 0 Å². The molecule has 2 amide bonds. The smallest absolute Gasteiger partial charge is 0.232 e. The van der Waals surface area contributed by atoms with Gasteiger partial charge in [0.1, 0.15) is 18.2 Å². The van der Waals surface area contributed by atoms with Gasteiger partial charge in [0.2, 0.25) is 11.8 Å². The fourth-order valence-corrected chi connectivity index (χ4v) is 3.48. The van der Waals surface area contributed by atoms with Crippen molar-refractivity contribution >= 4 is 17.5 Å². The van der Waals surface area contributed by atoms with Gasteiger partial charge in [0.05, 0.1) is 18.2 Å². The number of nitrogens with zero attached hydrogens (tertiary/aromatic N) is 2. The van der Waals surface area contributed by atoms with Crippen LogP contribution in [0.25, 0.3) is 0 Å². The molecular formula is C19H25FN2O3. The van der Waals surface area contributed by atoms with Gasteiger partial charge in [-0.1, -0.05) is 20.8 Å². The van der Waals surface area contributed by atoms with Crippen molar-refractivity contribution in [3.05, 3.63) is 24.0 Å². The summed E-state index contributed by atoms with van der Waals surface area (Å²) in [5, 5.41) is 0. The third kappa shape index (κ3) is 3.62. The number of halogens is 1. The minimum absolute atomic E-state index is 0.0541. The largest absolute Gasteiger partial charge is 0.490 e. The summed E-state index contributed by atoms with van der Waals surface area (Å²) in [6.07, 6.45) is 1.55. The lowest BCUT2D eigenvalue weighted by molar-refractivity contribution is -0.142. The molecule has 0 aliphatic carbocycles. The highest BCUT2D eigenvalue weighted by atomic mass is 19.1. The molecule has 0 unspecified atom stereocenters. The van der Waals surface area contributed by atoms with Crippen LogP contribution in [-0.4, -0.2) is 43.0 Å². The predicted octanol–water partition coefficient (Wildman–Crippen LogP) is 2.84. The molecular weight excluding hydrogens is 323 g/mol. The Morgan fingerprint density at radius 3 is 2.72 bits per heavy atom. The van der Waals surface area contributed by atoms with Crippen LogP contribution in [-0.2, 0) is 9.59 Å². The number of likely N-dealkylation sites (tertiary alicyclic amines) is 1. The second-order valence-corrected chi connectivity index (χ2v) is 7.79. The molecule has 2 aliphatic rings. The zero-order chi connectivity index (χ0) is 18.2.